The number of hydrogen-bond acceptors (Lipinski definition) is 6. The summed E-state index contributed by atoms with van der Waals surface area (Å²) in [6, 6.07) is 5.69. The van der Waals surface area contributed by atoms with Gasteiger partial charge in [0.2, 0.25) is 5.95 Å². The lowest BCUT2D eigenvalue weighted by molar-refractivity contribution is 0.292. The summed E-state index contributed by atoms with van der Waals surface area (Å²) in [5.74, 6) is 1.28. The van der Waals surface area contributed by atoms with Gasteiger partial charge in [-0.1, -0.05) is 0 Å². The molecule has 3 N–H and O–H groups in total. The van der Waals surface area contributed by atoms with Gasteiger partial charge in [0, 0.05) is 44.2 Å². The molecule has 6 heteroatoms. The number of pyridine rings is 1. The van der Waals surface area contributed by atoms with E-state index in [1.54, 1.807) is 12.4 Å². The summed E-state index contributed by atoms with van der Waals surface area (Å²) in [5, 5.41) is 14.9. The van der Waals surface area contributed by atoms with Crippen LogP contribution in [0.15, 0.2) is 30.6 Å². The zero-order valence-corrected chi connectivity index (χ0v) is 10.8. The van der Waals surface area contributed by atoms with Gasteiger partial charge in [-0.25, -0.2) is 4.98 Å². The van der Waals surface area contributed by atoms with Crippen LogP contribution in [0.2, 0.25) is 0 Å². The second-order valence-corrected chi connectivity index (χ2v) is 3.96. The van der Waals surface area contributed by atoms with E-state index in [9.17, 15) is 0 Å². The molecule has 0 spiro atoms. The average molecular weight is 259 g/mol. The first kappa shape index (κ1) is 13.2. The SMILES string of the molecule is CNc1cc(-c2cccnc2)nc(NCCCO)n1. The molecular weight excluding hydrogens is 242 g/mol. The minimum Gasteiger partial charge on any atom is -0.396 e. The topological polar surface area (TPSA) is 83.0 Å². The Balaban J connectivity index is 2.26. The number of nitrogens with zero attached hydrogens (tertiary/aromatic N) is 3. The van der Waals surface area contributed by atoms with Crippen LogP contribution >= 0.6 is 0 Å². The zero-order chi connectivity index (χ0) is 13.5. The van der Waals surface area contributed by atoms with Crippen LogP contribution in [0.1, 0.15) is 6.42 Å². The van der Waals surface area contributed by atoms with Crippen LogP contribution in [0.3, 0.4) is 0 Å². The van der Waals surface area contributed by atoms with Crippen molar-refractivity contribution >= 4 is 11.8 Å². The minimum absolute atomic E-state index is 0.147. The Hall–Kier alpha value is -2.21. The van der Waals surface area contributed by atoms with Crippen molar-refractivity contribution in [3.05, 3.63) is 30.6 Å². The van der Waals surface area contributed by atoms with Gasteiger partial charge in [0.15, 0.2) is 0 Å². The number of hydrogen-bond donors (Lipinski definition) is 3. The third-order valence-corrected chi connectivity index (χ3v) is 2.56. The predicted molar refractivity (Wildman–Crippen MR) is 75.0 cm³/mol. The first-order chi connectivity index (χ1) is 9.33. The van der Waals surface area contributed by atoms with E-state index < -0.39 is 0 Å². The molecule has 0 aliphatic heterocycles. The Labute approximate surface area is 112 Å². The molecule has 100 valence electrons. The highest BCUT2D eigenvalue weighted by atomic mass is 16.3. The summed E-state index contributed by atoms with van der Waals surface area (Å²) in [6.07, 6.45) is 4.15. The minimum atomic E-state index is 0.147. The number of anilines is 2. The van der Waals surface area contributed by atoms with Gasteiger partial charge in [0.25, 0.3) is 0 Å². The first-order valence-electron chi connectivity index (χ1n) is 6.15. The molecule has 0 amide bonds. The van der Waals surface area contributed by atoms with Crippen LogP contribution < -0.4 is 10.6 Å². The largest absolute Gasteiger partial charge is 0.396 e. The highest BCUT2D eigenvalue weighted by Gasteiger charge is 2.05. The first-order valence-corrected chi connectivity index (χ1v) is 6.15. The highest BCUT2D eigenvalue weighted by molar-refractivity contribution is 5.63. The Morgan fingerprint density at radius 2 is 2.21 bits per heavy atom. The molecule has 0 radical (unpaired) electrons. The van der Waals surface area contributed by atoms with Crippen molar-refractivity contribution in [2.75, 3.05) is 30.8 Å². The fourth-order valence-corrected chi connectivity index (χ4v) is 1.60. The molecule has 0 atom stereocenters. The third-order valence-electron chi connectivity index (χ3n) is 2.56. The number of rotatable bonds is 6. The van der Waals surface area contributed by atoms with E-state index in [2.05, 4.69) is 25.6 Å². The van der Waals surface area contributed by atoms with E-state index in [4.69, 9.17) is 5.11 Å². The second-order valence-electron chi connectivity index (χ2n) is 3.96. The molecule has 0 aliphatic rings. The molecule has 2 heterocycles. The van der Waals surface area contributed by atoms with Gasteiger partial charge in [0.05, 0.1) is 5.69 Å². The fourth-order valence-electron chi connectivity index (χ4n) is 1.60. The molecule has 0 bridgehead atoms. The standard InChI is InChI=1S/C13H17N5O/c1-14-12-8-11(10-4-2-5-15-9-10)17-13(18-12)16-6-3-7-19/h2,4-5,8-9,19H,3,6-7H2,1H3,(H2,14,16,17,18). The Morgan fingerprint density at radius 3 is 2.89 bits per heavy atom. The highest BCUT2D eigenvalue weighted by Crippen LogP contribution is 2.20. The normalized spacial score (nSPS) is 10.2. The van der Waals surface area contributed by atoms with Crippen molar-refractivity contribution in [1.82, 2.24) is 15.0 Å². The van der Waals surface area contributed by atoms with Crippen LogP contribution in [0.4, 0.5) is 11.8 Å². The quantitative estimate of drug-likeness (QED) is 0.680. The van der Waals surface area contributed by atoms with Gasteiger partial charge in [0.1, 0.15) is 5.82 Å². The van der Waals surface area contributed by atoms with Crippen molar-refractivity contribution in [3.63, 3.8) is 0 Å². The van der Waals surface area contributed by atoms with Crippen molar-refractivity contribution in [2.45, 2.75) is 6.42 Å². The lowest BCUT2D eigenvalue weighted by Crippen LogP contribution is -2.08. The lowest BCUT2D eigenvalue weighted by atomic mass is 10.2. The van der Waals surface area contributed by atoms with Crippen molar-refractivity contribution < 1.29 is 5.11 Å². The van der Waals surface area contributed by atoms with Gasteiger partial charge in [-0.05, 0) is 18.6 Å². The van der Waals surface area contributed by atoms with E-state index in [-0.39, 0.29) is 6.61 Å². The number of aromatic nitrogens is 3. The van der Waals surface area contributed by atoms with Gasteiger partial charge >= 0.3 is 0 Å². The lowest BCUT2D eigenvalue weighted by Gasteiger charge is -2.09. The monoisotopic (exact) mass is 259 g/mol. The molecule has 0 unspecified atom stereocenters. The summed E-state index contributed by atoms with van der Waals surface area (Å²) in [5.41, 5.74) is 1.74. The molecule has 0 aromatic carbocycles. The van der Waals surface area contributed by atoms with Crippen LogP contribution in [0.25, 0.3) is 11.3 Å². The molecular formula is C13H17N5O. The number of aliphatic hydroxyl groups is 1. The molecule has 19 heavy (non-hydrogen) atoms. The van der Waals surface area contributed by atoms with Gasteiger partial charge in [-0.3, -0.25) is 4.98 Å². The number of nitrogens with one attached hydrogen (secondary N) is 2. The smallest absolute Gasteiger partial charge is 0.225 e. The summed E-state index contributed by atoms with van der Waals surface area (Å²) in [6.45, 7) is 0.782. The van der Waals surface area contributed by atoms with Crippen LogP contribution in [0.5, 0.6) is 0 Å². The van der Waals surface area contributed by atoms with E-state index in [1.165, 1.54) is 0 Å². The molecule has 0 saturated heterocycles. The van der Waals surface area contributed by atoms with Gasteiger partial charge < -0.3 is 15.7 Å². The van der Waals surface area contributed by atoms with Gasteiger partial charge in [-0.15, -0.1) is 0 Å². The molecule has 2 rings (SSSR count). The Morgan fingerprint density at radius 1 is 1.32 bits per heavy atom. The van der Waals surface area contributed by atoms with Gasteiger partial charge in [-0.2, -0.15) is 4.98 Å². The maximum atomic E-state index is 8.78. The van der Waals surface area contributed by atoms with Crippen molar-refractivity contribution in [3.8, 4) is 11.3 Å². The average Bonchev–Trinajstić information content (AvgIpc) is 2.48. The maximum absolute atomic E-state index is 8.78. The molecule has 6 nitrogen and oxygen atoms in total. The fraction of sp³-hybridized carbons (Fsp3) is 0.308. The van der Waals surface area contributed by atoms with E-state index in [0.29, 0.717) is 18.9 Å². The van der Waals surface area contributed by atoms with Crippen molar-refractivity contribution in [2.24, 2.45) is 0 Å². The molecule has 0 aliphatic carbocycles. The van der Waals surface area contributed by atoms with Crippen LogP contribution in [0, 0.1) is 0 Å². The maximum Gasteiger partial charge on any atom is 0.225 e. The van der Waals surface area contributed by atoms with Crippen LogP contribution in [-0.2, 0) is 0 Å². The molecule has 2 aromatic rings. The predicted octanol–water partition coefficient (Wildman–Crippen LogP) is 1.37. The molecule has 0 fully saturated rings. The summed E-state index contributed by atoms with van der Waals surface area (Å²) < 4.78 is 0. The molecule has 0 saturated carbocycles. The zero-order valence-electron chi connectivity index (χ0n) is 10.8. The van der Waals surface area contributed by atoms with Crippen molar-refractivity contribution in [1.29, 1.82) is 0 Å². The Kier molecular flexibility index (Phi) is 4.63. The number of aliphatic hydroxyl groups excluding tert-OH is 1. The van der Waals surface area contributed by atoms with Crippen LogP contribution in [-0.4, -0.2) is 40.3 Å². The van der Waals surface area contributed by atoms with E-state index in [0.717, 1.165) is 17.1 Å². The Bertz CT molecular complexity index is 518. The summed E-state index contributed by atoms with van der Waals surface area (Å²) in [4.78, 5) is 12.8. The van der Waals surface area contributed by atoms with E-state index in [1.807, 2.05) is 25.2 Å². The summed E-state index contributed by atoms with van der Waals surface area (Å²) in [7, 11) is 1.81. The second kappa shape index (κ2) is 6.65. The van der Waals surface area contributed by atoms with E-state index >= 15 is 0 Å². The third kappa shape index (κ3) is 3.62. The summed E-state index contributed by atoms with van der Waals surface area (Å²) >= 11 is 0. The molecule has 2 aromatic heterocycles.